The van der Waals surface area contributed by atoms with Crippen molar-refractivity contribution in [1.29, 1.82) is 0 Å². The summed E-state index contributed by atoms with van der Waals surface area (Å²) in [6, 6.07) is 12.0. The Hall–Kier alpha value is -3.58. The van der Waals surface area contributed by atoms with E-state index in [9.17, 15) is 4.79 Å². The number of benzene rings is 1. The van der Waals surface area contributed by atoms with Crippen molar-refractivity contribution in [1.82, 2.24) is 24.8 Å². The summed E-state index contributed by atoms with van der Waals surface area (Å²) in [7, 11) is 0. The Bertz CT molecular complexity index is 1160. The summed E-state index contributed by atoms with van der Waals surface area (Å²) in [6.07, 6.45) is 8.88. The van der Waals surface area contributed by atoms with Gasteiger partial charge in [0.25, 0.3) is 0 Å². The molecule has 0 radical (unpaired) electrons. The van der Waals surface area contributed by atoms with Crippen LogP contribution in [0.25, 0.3) is 22.0 Å². The number of aromatic nitrogens is 4. The molecular weight excluding hydrogens is 378 g/mol. The quantitative estimate of drug-likeness (QED) is 0.570. The Morgan fingerprint density at radius 2 is 1.97 bits per heavy atom. The number of fused-ring (bicyclic) bond motifs is 1. The van der Waals surface area contributed by atoms with Gasteiger partial charge < -0.3 is 14.6 Å². The van der Waals surface area contributed by atoms with Crippen LogP contribution in [-0.2, 0) is 16.0 Å². The van der Waals surface area contributed by atoms with E-state index < -0.39 is 0 Å². The van der Waals surface area contributed by atoms with Gasteiger partial charge in [0.2, 0.25) is 5.91 Å². The van der Waals surface area contributed by atoms with Crippen LogP contribution in [0.3, 0.4) is 0 Å². The fourth-order valence-electron chi connectivity index (χ4n) is 3.82. The van der Waals surface area contributed by atoms with E-state index in [1.165, 1.54) is 6.33 Å². The van der Waals surface area contributed by atoms with Gasteiger partial charge in [-0.3, -0.25) is 9.78 Å². The largest absolute Gasteiger partial charge is 0.368 e. The van der Waals surface area contributed by atoms with Gasteiger partial charge in [0.15, 0.2) is 0 Å². The molecule has 150 valence electrons. The summed E-state index contributed by atoms with van der Waals surface area (Å²) >= 11 is 0. The lowest BCUT2D eigenvalue weighted by Crippen LogP contribution is -2.43. The highest BCUT2D eigenvalue weighted by Gasteiger charge is 2.26. The number of H-pyrrole nitrogens is 1. The molecule has 0 saturated carbocycles. The molecule has 5 rings (SSSR count). The maximum absolute atomic E-state index is 12.9. The Balaban J connectivity index is 1.28. The Morgan fingerprint density at radius 1 is 1.10 bits per heavy atom. The van der Waals surface area contributed by atoms with Gasteiger partial charge in [-0.1, -0.05) is 24.3 Å². The number of ether oxygens (including phenoxy) is 1. The molecule has 3 aromatic heterocycles. The zero-order valence-electron chi connectivity index (χ0n) is 16.4. The van der Waals surface area contributed by atoms with Crippen LogP contribution in [0.15, 0.2) is 67.5 Å². The number of hydrogen-bond acceptors (Lipinski definition) is 5. The second kappa shape index (κ2) is 8.04. The third kappa shape index (κ3) is 3.67. The van der Waals surface area contributed by atoms with Gasteiger partial charge in [-0.25, -0.2) is 9.97 Å². The molecule has 1 fully saturated rings. The first-order chi connectivity index (χ1) is 14.8. The minimum Gasteiger partial charge on any atom is -0.368 e. The van der Waals surface area contributed by atoms with E-state index in [2.05, 4.69) is 19.9 Å². The average molecular weight is 399 g/mol. The molecule has 1 aliphatic heterocycles. The van der Waals surface area contributed by atoms with Crippen LogP contribution in [0.2, 0.25) is 0 Å². The van der Waals surface area contributed by atoms with Gasteiger partial charge >= 0.3 is 0 Å². The zero-order chi connectivity index (χ0) is 20.3. The number of amides is 1. The minimum absolute atomic E-state index is 0.103. The van der Waals surface area contributed by atoms with Gasteiger partial charge in [-0.05, 0) is 17.7 Å². The summed E-state index contributed by atoms with van der Waals surface area (Å²) in [5.41, 5.74) is 4.75. The molecular formula is C23H21N5O2. The van der Waals surface area contributed by atoms with E-state index in [0.717, 1.165) is 33.3 Å². The molecule has 0 aliphatic carbocycles. The Morgan fingerprint density at radius 3 is 2.80 bits per heavy atom. The maximum atomic E-state index is 12.9. The third-order valence-corrected chi connectivity index (χ3v) is 5.45. The third-order valence-electron chi connectivity index (χ3n) is 5.45. The van der Waals surface area contributed by atoms with E-state index in [-0.39, 0.29) is 12.0 Å². The number of rotatable bonds is 4. The van der Waals surface area contributed by atoms with Gasteiger partial charge in [0, 0.05) is 53.4 Å². The first kappa shape index (κ1) is 18.4. The average Bonchev–Trinajstić information content (AvgIpc) is 3.23. The molecule has 7 heteroatoms. The second-order valence-corrected chi connectivity index (χ2v) is 7.33. The van der Waals surface area contributed by atoms with Crippen molar-refractivity contribution in [2.45, 2.75) is 12.5 Å². The SMILES string of the molecule is O=C(Cc1c[nH]c2ccccc12)N1CCO[C@H](c2ccc(-c3cncnc3)cn2)C1. The van der Waals surface area contributed by atoms with Crippen molar-refractivity contribution in [2.75, 3.05) is 19.7 Å². The van der Waals surface area contributed by atoms with Crippen LogP contribution in [-0.4, -0.2) is 50.4 Å². The summed E-state index contributed by atoms with van der Waals surface area (Å²) in [6.45, 7) is 1.60. The first-order valence-electron chi connectivity index (χ1n) is 9.93. The van der Waals surface area contributed by atoms with E-state index in [1.54, 1.807) is 18.6 Å². The number of nitrogens with zero attached hydrogens (tertiary/aromatic N) is 4. The fraction of sp³-hybridized carbons (Fsp3) is 0.217. The fourth-order valence-corrected chi connectivity index (χ4v) is 3.82. The highest BCUT2D eigenvalue weighted by atomic mass is 16.5. The Labute approximate surface area is 173 Å². The smallest absolute Gasteiger partial charge is 0.227 e. The van der Waals surface area contributed by atoms with Gasteiger partial charge in [0.05, 0.1) is 25.3 Å². The van der Waals surface area contributed by atoms with Gasteiger partial charge in [-0.2, -0.15) is 0 Å². The highest BCUT2D eigenvalue weighted by molar-refractivity contribution is 5.88. The van der Waals surface area contributed by atoms with Crippen molar-refractivity contribution < 1.29 is 9.53 Å². The molecule has 1 N–H and O–H groups in total. The van der Waals surface area contributed by atoms with Crippen LogP contribution < -0.4 is 0 Å². The predicted molar refractivity (Wildman–Crippen MR) is 113 cm³/mol. The number of nitrogens with one attached hydrogen (secondary N) is 1. The number of hydrogen-bond donors (Lipinski definition) is 1. The number of aromatic amines is 1. The van der Waals surface area contributed by atoms with Crippen LogP contribution in [0.4, 0.5) is 0 Å². The van der Waals surface area contributed by atoms with Gasteiger partial charge in [0.1, 0.15) is 12.4 Å². The highest BCUT2D eigenvalue weighted by Crippen LogP contribution is 2.25. The summed E-state index contributed by atoms with van der Waals surface area (Å²) in [5, 5.41) is 1.10. The molecule has 0 bridgehead atoms. The van der Waals surface area contributed by atoms with Crippen LogP contribution in [0.5, 0.6) is 0 Å². The predicted octanol–water partition coefficient (Wildman–Crippen LogP) is 3.16. The molecule has 30 heavy (non-hydrogen) atoms. The topological polar surface area (TPSA) is 84.0 Å². The number of carbonyl (C=O) groups is 1. The van der Waals surface area contributed by atoms with Gasteiger partial charge in [-0.15, -0.1) is 0 Å². The summed E-state index contributed by atoms with van der Waals surface area (Å²) in [4.78, 5) is 30.7. The van der Waals surface area contributed by atoms with E-state index in [1.807, 2.05) is 47.5 Å². The molecule has 4 aromatic rings. The number of pyridine rings is 1. The first-order valence-corrected chi connectivity index (χ1v) is 9.93. The molecule has 4 heterocycles. The number of carbonyl (C=O) groups excluding carboxylic acids is 1. The molecule has 1 atom stereocenters. The number of para-hydroxylation sites is 1. The van der Waals surface area contributed by atoms with E-state index in [4.69, 9.17) is 4.74 Å². The van der Waals surface area contributed by atoms with Crippen molar-refractivity contribution >= 4 is 16.8 Å². The lowest BCUT2D eigenvalue weighted by atomic mass is 10.1. The summed E-state index contributed by atoms with van der Waals surface area (Å²) in [5.74, 6) is 0.103. The molecule has 1 saturated heterocycles. The summed E-state index contributed by atoms with van der Waals surface area (Å²) < 4.78 is 5.91. The van der Waals surface area contributed by atoms with Crippen molar-refractivity contribution in [3.63, 3.8) is 0 Å². The second-order valence-electron chi connectivity index (χ2n) is 7.33. The minimum atomic E-state index is -0.230. The van der Waals surface area contributed by atoms with Crippen LogP contribution in [0, 0.1) is 0 Å². The molecule has 1 aliphatic rings. The molecule has 0 unspecified atom stereocenters. The van der Waals surface area contributed by atoms with Crippen molar-refractivity contribution in [2.24, 2.45) is 0 Å². The molecule has 1 amide bonds. The van der Waals surface area contributed by atoms with Crippen LogP contribution >= 0.6 is 0 Å². The lowest BCUT2D eigenvalue weighted by molar-refractivity contribution is -0.138. The van der Waals surface area contributed by atoms with Crippen molar-refractivity contribution in [3.05, 3.63) is 78.8 Å². The van der Waals surface area contributed by atoms with E-state index in [0.29, 0.717) is 26.1 Å². The normalized spacial score (nSPS) is 16.7. The standard InChI is InChI=1S/C23H21N5O2/c29-23(9-17-13-26-20-4-2-1-3-19(17)20)28-7-8-30-22(14-28)21-6-5-16(12-27-21)18-10-24-15-25-11-18/h1-6,10-13,15,22,26H,7-9,14H2/t22-/m0/s1. The Kier molecular flexibility index (Phi) is 4.94. The maximum Gasteiger partial charge on any atom is 0.227 e. The van der Waals surface area contributed by atoms with E-state index >= 15 is 0 Å². The molecule has 7 nitrogen and oxygen atoms in total. The zero-order valence-corrected chi connectivity index (χ0v) is 16.4. The molecule has 1 aromatic carbocycles. The lowest BCUT2D eigenvalue weighted by Gasteiger charge is -2.32. The monoisotopic (exact) mass is 399 g/mol. The van der Waals surface area contributed by atoms with Crippen molar-refractivity contribution in [3.8, 4) is 11.1 Å². The number of morpholine rings is 1. The van der Waals surface area contributed by atoms with Crippen LogP contribution in [0.1, 0.15) is 17.4 Å². The molecule has 0 spiro atoms.